The molecule has 2 atom stereocenters. The van der Waals surface area contributed by atoms with E-state index in [1.807, 2.05) is 38.1 Å². The van der Waals surface area contributed by atoms with Crippen molar-refractivity contribution in [3.63, 3.8) is 0 Å². The van der Waals surface area contributed by atoms with Gasteiger partial charge in [-0.1, -0.05) is 24.6 Å². The van der Waals surface area contributed by atoms with Crippen molar-refractivity contribution >= 4 is 30.0 Å². The fourth-order valence-corrected chi connectivity index (χ4v) is 2.95. The first-order chi connectivity index (χ1) is 15.9. The minimum Gasteiger partial charge on any atom is -0.373 e. The number of nitrogens with zero attached hydrogens (tertiary/aromatic N) is 3. The van der Waals surface area contributed by atoms with Crippen LogP contribution in [0.4, 0.5) is 11.6 Å². The van der Waals surface area contributed by atoms with Crippen LogP contribution in [-0.2, 0) is 14.3 Å². The van der Waals surface area contributed by atoms with Gasteiger partial charge in [-0.2, -0.15) is 5.26 Å². The molecule has 10 heteroatoms. The first-order valence-corrected chi connectivity index (χ1v) is 11.0. The molecule has 3 rings (SSSR count). The Bertz CT molecular complexity index is 883. The van der Waals surface area contributed by atoms with Crippen LogP contribution in [0.2, 0.25) is 5.02 Å². The fourth-order valence-electron chi connectivity index (χ4n) is 2.75. The van der Waals surface area contributed by atoms with Gasteiger partial charge >= 0.3 is 0 Å². The van der Waals surface area contributed by atoms with Gasteiger partial charge in [0, 0.05) is 25.4 Å². The Kier molecular flexibility index (Phi) is 13.0. The quantitative estimate of drug-likeness (QED) is 0.552. The topological polar surface area (TPSA) is 121 Å². The molecule has 0 bridgehead atoms. The lowest BCUT2D eigenvalue weighted by Gasteiger charge is -2.32. The maximum atomic E-state index is 9.04. The molecule has 33 heavy (non-hydrogen) atoms. The van der Waals surface area contributed by atoms with Crippen molar-refractivity contribution in [2.45, 2.75) is 32.0 Å². The summed E-state index contributed by atoms with van der Waals surface area (Å²) in [6, 6.07) is 9.65. The number of hydrogen-bond donors (Lipinski definition) is 3. The van der Waals surface area contributed by atoms with Gasteiger partial charge < -0.3 is 30.2 Å². The van der Waals surface area contributed by atoms with Gasteiger partial charge in [-0.05, 0) is 45.1 Å². The molecule has 2 aromatic rings. The third-order valence-electron chi connectivity index (χ3n) is 4.57. The highest BCUT2D eigenvalue weighted by atomic mass is 35.5. The molecule has 1 aliphatic rings. The molecule has 0 saturated carbocycles. The summed E-state index contributed by atoms with van der Waals surface area (Å²) in [6.07, 6.45) is 2.70. The lowest BCUT2D eigenvalue weighted by Crippen LogP contribution is -2.45. The summed E-state index contributed by atoms with van der Waals surface area (Å²) in [7, 11) is 3.76. The number of halogens is 1. The second kappa shape index (κ2) is 15.1. The van der Waals surface area contributed by atoms with E-state index in [0.717, 1.165) is 23.6 Å². The highest BCUT2D eigenvalue weighted by Crippen LogP contribution is 2.28. The molecular weight excluding hydrogens is 444 g/mol. The Labute approximate surface area is 200 Å². The van der Waals surface area contributed by atoms with E-state index in [2.05, 4.69) is 38.9 Å². The van der Waals surface area contributed by atoms with Crippen LogP contribution in [0.1, 0.15) is 20.3 Å². The van der Waals surface area contributed by atoms with E-state index in [-0.39, 0.29) is 12.7 Å². The Morgan fingerprint density at radius 2 is 2.09 bits per heavy atom. The standard InChI is InChI=1S/C18H20ClN5O2.C4H11N.CH2O/c1-18(10-20)11-25-12(9-26-18)7-22-16-5-3-4-15(24-16)13-6-17(21-2)23-8-14(13)19;1-3-4-5-2;1-2/h3-6,8,12H,7,9,11H2,1-2H3,(H,21,23)(H,22,24);5H,3-4H2,1-2H3;1H2. The third-order valence-corrected chi connectivity index (χ3v) is 4.87. The molecule has 3 heterocycles. The number of pyridine rings is 2. The first kappa shape index (κ1) is 28.3. The minimum atomic E-state index is -0.863. The van der Waals surface area contributed by atoms with Crippen LogP contribution >= 0.6 is 11.6 Å². The monoisotopic (exact) mass is 476 g/mol. The van der Waals surface area contributed by atoms with Crippen LogP contribution in [0.25, 0.3) is 11.3 Å². The highest BCUT2D eigenvalue weighted by Gasteiger charge is 2.32. The van der Waals surface area contributed by atoms with Crippen molar-refractivity contribution in [3.05, 3.63) is 35.5 Å². The number of carbonyl (C=O) groups is 1. The number of hydrogen-bond acceptors (Lipinski definition) is 9. The van der Waals surface area contributed by atoms with Crippen LogP contribution < -0.4 is 16.0 Å². The Morgan fingerprint density at radius 1 is 1.33 bits per heavy atom. The van der Waals surface area contributed by atoms with Gasteiger partial charge in [-0.3, -0.25) is 0 Å². The molecule has 9 nitrogen and oxygen atoms in total. The lowest BCUT2D eigenvalue weighted by atomic mass is 10.1. The van der Waals surface area contributed by atoms with Gasteiger partial charge in [0.25, 0.3) is 0 Å². The first-order valence-electron chi connectivity index (χ1n) is 10.6. The molecule has 0 radical (unpaired) electrons. The van der Waals surface area contributed by atoms with E-state index in [1.54, 1.807) is 20.2 Å². The largest absolute Gasteiger partial charge is 0.373 e. The summed E-state index contributed by atoms with van der Waals surface area (Å²) >= 11 is 6.27. The van der Waals surface area contributed by atoms with Gasteiger partial charge in [-0.25, -0.2) is 9.97 Å². The molecule has 0 spiro atoms. The van der Waals surface area contributed by atoms with E-state index in [0.29, 0.717) is 24.0 Å². The molecule has 3 N–H and O–H groups in total. The van der Waals surface area contributed by atoms with Gasteiger partial charge in [0.2, 0.25) is 0 Å². The van der Waals surface area contributed by atoms with Crippen LogP contribution in [0.15, 0.2) is 30.5 Å². The number of aromatic nitrogens is 2. The summed E-state index contributed by atoms with van der Waals surface area (Å²) in [6.45, 7) is 8.15. The molecule has 2 aromatic heterocycles. The maximum Gasteiger partial charge on any atom is 0.174 e. The van der Waals surface area contributed by atoms with Crippen molar-refractivity contribution < 1.29 is 14.3 Å². The zero-order valence-corrected chi connectivity index (χ0v) is 20.4. The van der Waals surface area contributed by atoms with Crippen LogP contribution in [0.3, 0.4) is 0 Å². The molecule has 180 valence electrons. The van der Waals surface area contributed by atoms with E-state index in [4.69, 9.17) is 31.1 Å². The van der Waals surface area contributed by atoms with E-state index in [9.17, 15) is 0 Å². The van der Waals surface area contributed by atoms with Crippen LogP contribution in [0.5, 0.6) is 0 Å². The van der Waals surface area contributed by atoms with Crippen molar-refractivity contribution in [1.82, 2.24) is 15.3 Å². The lowest BCUT2D eigenvalue weighted by molar-refractivity contribution is -0.153. The smallest absolute Gasteiger partial charge is 0.174 e. The van der Waals surface area contributed by atoms with Gasteiger partial charge in [0.1, 0.15) is 18.4 Å². The molecule has 2 unspecified atom stereocenters. The molecular formula is C23H33ClN6O3. The average molecular weight is 477 g/mol. The number of ether oxygens (including phenoxy) is 2. The van der Waals surface area contributed by atoms with Crippen molar-refractivity contribution in [3.8, 4) is 17.3 Å². The van der Waals surface area contributed by atoms with Gasteiger partial charge in [-0.15, -0.1) is 0 Å². The van der Waals surface area contributed by atoms with Gasteiger partial charge in [0.05, 0.1) is 36.1 Å². The molecule has 1 aliphatic heterocycles. The number of nitrogens with one attached hydrogen (secondary N) is 3. The third kappa shape index (κ3) is 9.32. The second-order valence-corrected chi connectivity index (χ2v) is 7.69. The Hall–Kier alpha value is -2.77. The van der Waals surface area contributed by atoms with Crippen LogP contribution in [0, 0.1) is 11.3 Å². The SMILES string of the molecule is C=O.CCCNC.CNc1cc(-c2cccc(NCC3COC(C)(C#N)CO3)n2)c(Cl)cn1. The summed E-state index contributed by atoms with van der Waals surface area (Å²) in [5.41, 5.74) is 0.686. The molecule has 0 amide bonds. The predicted molar refractivity (Wildman–Crippen MR) is 132 cm³/mol. The summed E-state index contributed by atoms with van der Waals surface area (Å²) < 4.78 is 11.3. The predicted octanol–water partition coefficient (Wildman–Crippen LogP) is 3.38. The van der Waals surface area contributed by atoms with E-state index < -0.39 is 5.60 Å². The summed E-state index contributed by atoms with van der Waals surface area (Å²) in [4.78, 5) is 16.8. The van der Waals surface area contributed by atoms with Gasteiger partial charge in [0.15, 0.2) is 5.60 Å². The Morgan fingerprint density at radius 3 is 2.64 bits per heavy atom. The molecule has 0 aromatic carbocycles. The maximum absolute atomic E-state index is 9.04. The highest BCUT2D eigenvalue weighted by molar-refractivity contribution is 6.33. The van der Waals surface area contributed by atoms with Crippen molar-refractivity contribution in [2.24, 2.45) is 0 Å². The second-order valence-electron chi connectivity index (χ2n) is 7.28. The number of rotatable bonds is 7. The van der Waals surface area contributed by atoms with Crippen LogP contribution in [-0.4, -0.2) is 68.9 Å². The van der Waals surface area contributed by atoms with E-state index >= 15 is 0 Å². The van der Waals surface area contributed by atoms with E-state index in [1.165, 1.54) is 6.42 Å². The average Bonchev–Trinajstić information content (AvgIpc) is 2.86. The fraction of sp³-hybridized carbons (Fsp3) is 0.478. The Balaban J connectivity index is 0.000000689. The number of carbonyl (C=O) groups excluding carboxylic acids is 1. The zero-order chi connectivity index (χ0) is 24.7. The number of anilines is 2. The molecule has 1 saturated heterocycles. The zero-order valence-electron chi connectivity index (χ0n) is 19.7. The van der Waals surface area contributed by atoms with Crippen molar-refractivity contribution in [1.29, 1.82) is 5.26 Å². The van der Waals surface area contributed by atoms with Crippen molar-refractivity contribution in [2.75, 3.05) is 51.0 Å². The number of nitriles is 1. The summed E-state index contributed by atoms with van der Waals surface area (Å²) in [5.74, 6) is 1.43. The molecule has 1 fully saturated rings. The minimum absolute atomic E-state index is 0.137. The normalized spacial score (nSPS) is 19.1. The molecule has 0 aliphatic carbocycles. The summed E-state index contributed by atoms with van der Waals surface area (Å²) in [5, 5.41) is 18.8.